The van der Waals surface area contributed by atoms with Gasteiger partial charge in [0.05, 0.1) is 0 Å². The normalized spacial score (nSPS) is 25.4. The Morgan fingerprint density at radius 1 is 1.29 bits per heavy atom. The number of hydrogen-bond donors (Lipinski definition) is 1. The number of nitrogens with one attached hydrogen (secondary N) is 1. The number of halogens is 1. The molecule has 1 nitrogen and oxygen atoms in total. The molecule has 1 aliphatic carbocycles. The summed E-state index contributed by atoms with van der Waals surface area (Å²) in [6.07, 6.45) is 5.14. The van der Waals surface area contributed by atoms with Crippen molar-refractivity contribution >= 4 is 5.69 Å². The molecule has 0 aromatic heterocycles. The lowest BCUT2D eigenvalue weighted by molar-refractivity contribution is 0.278. The van der Waals surface area contributed by atoms with Gasteiger partial charge >= 0.3 is 0 Å². The molecule has 0 radical (unpaired) electrons. The van der Waals surface area contributed by atoms with Crippen LogP contribution < -0.4 is 5.32 Å². The summed E-state index contributed by atoms with van der Waals surface area (Å²) in [6.45, 7) is 0. The largest absolute Gasteiger partial charge is 0.381 e. The molecule has 0 spiro atoms. The maximum absolute atomic E-state index is 12.9. The van der Waals surface area contributed by atoms with E-state index in [9.17, 15) is 4.39 Å². The van der Waals surface area contributed by atoms with Crippen molar-refractivity contribution in [3.63, 3.8) is 0 Å². The SMILES string of the molecule is Fc1ccc2c(c1)NC(C1CCC1)C2. The average molecular weight is 191 g/mol. The first kappa shape index (κ1) is 8.27. The van der Waals surface area contributed by atoms with Crippen LogP contribution in [0.2, 0.25) is 0 Å². The van der Waals surface area contributed by atoms with Gasteiger partial charge in [0, 0.05) is 11.7 Å². The third-order valence-electron chi connectivity index (χ3n) is 3.57. The first-order valence-corrected chi connectivity index (χ1v) is 5.38. The lowest BCUT2D eigenvalue weighted by atomic mass is 9.79. The molecule has 1 atom stereocenters. The van der Waals surface area contributed by atoms with E-state index in [-0.39, 0.29) is 5.82 Å². The Balaban J connectivity index is 1.82. The number of fused-ring (bicyclic) bond motifs is 1. The van der Waals surface area contributed by atoms with E-state index in [1.807, 2.05) is 6.07 Å². The minimum Gasteiger partial charge on any atom is -0.381 e. The van der Waals surface area contributed by atoms with Crippen molar-refractivity contribution in [2.75, 3.05) is 5.32 Å². The molecule has 2 heteroatoms. The molecule has 1 heterocycles. The molecular weight excluding hydrogens is 177 g/mol. The maximum atomic E-state index is 12.9. The Hall–Kier alpha value is -1.05. The van der Waals surface area contributed by atoms with Crippen LogP contribution in [0.3, 0.4) is 0 Å². The highest BCUT2D eigenvalue weighted by Gasteiger charge is 2.31. The van der Waals surface area contributed by atoms with Gasteiger partial charge < -0.3 is 5.32 Å². The molecule has 0 bridgehead atoms. The predicted molar refractivity (Wildman–Crippen MR) is 54.9 cm³/mol. The molecule has 1 aromatic rings. The third-order valence-corrected chi connectivity index (χ3v) is 3.57. The monoisotopic (exact) mass is 191 g/mol. The minimum atomic E-state index is -0.134. The van der Waals surface area contributed by atoms with Gasteiger partial charge in [0.1, 0.15) is 5.82 Å². The van der Waals surface area contributed by atoms with E-state index in [2.05, 4.69) is 5.32 Å². The Bertz CT molecular complexity index is 357. The van der Waals surface area contributed by atoms with Crippen molar-refractivity contribution in [3.8, 4) is 0 Å². The van der Waals surface area contributed by atoms with E-state index >= 15 is 0 Å². The van der Waals surface area contributed by atoms with E-state index in [0.29, 0.717) is 6.04 Å². The predicted octanol–water partition coefficient (Wildman–Crippen LogP) is 2.96. The van der Waals surface area contributed by atoms with Gasteiger partial charge in [-0.25, -0.2) is 4.39 Å². The highest BCUT2D eigenvalue weighted by atomic mass is 19.1. The van der Waals surface area contributed by atoms with Crippen LogP contribution in [0, 0.1) is 11.7 Å². The lowest BCUT2D eigenvalue weighted by Crippen LogP contribution is -2.31. The van der Waals surface area contributed by atoms with Crippen molar-refractivity contribution in [3.05, 3.63) is 29.6 Å². The zero-order valence-corrected chi connectivity index (χ0v) is 8.09. The van der Waals surface area contributed by atoms with Gasteiger partial charge in [0.15, 0.2) is 0 Å². The number of rotatable bonds is 1. The van der Waals surface area contributed by atoms with Gasteiger partial charge in [-0.15, -0.1) is 0 Å². The first-order valence-electron chi connectivity index (χ1n) is 5.38. The van der Waals surface area contributed by atoms with Crippen LogP contribution >= 0.6 is 0 Å². The summed E-state index contributed by atoms with van der Waals surface area (Å²) in [6, 6.07) is 5.66. The molecule has 1 N–H and O–H groups in total. The highest BCUT2D eigenvalue weighted by molar-refractivity contribution is 5.57. The van der Waals surface area contributed by atoms with Gasteiger partial charge in [-0.05, 0) is 42.9 Å². The fraction of sp³-hybridized carbons (Fsp3) is 0.500. The van der Waals surface area contributed by atoms with E-state index in [1.165, 1.54) is 24.8 Å². The lowest BCUT2D eigenvalue weighted by Gasteiger charge is -2.31. The summed E-state index contributed by atoms with van der Waals surface area (Å²) in [7, 11) is 0. The third kappa shape index (κ3) is 1.21. The number of benzene rings is 1. The fourth-order valence-corrected chi connectivity index (χ4v) is 2.48. The zero-order valence-electron chi connectivity index (χ0n) is 8.09. The van der Waals surface area contributed by atoms with Crippen LogP contribution in [0.25, 0.3) is 0 Å². The van der Waals surface area contributed by atoms with Gasteiger partial charge in [-0.1, -0.05) is 12.5 Å². The number of hydrogen-bond acceptors (Lipinski definition) is 1. The van der Waals surface area contributed by atoms with Crippen LogP contribution in [-0.4, -0.2) is 6.04 Å². The summed E-state index contributed by atoms with van der Waals surface area (Å²) in [4.78, 5) is 0. The molecule has 3 rings (SSSR count). The molecular formula is C12H14FN. The fourth-order valence-electron chi connectivity index (χ4n) is 2.48. The Labute approximate surface area is 83.3 Å². The molecule has 0 saturated heterocycles. The second-order valence-electron chi connectivity index (χ2n) is 4.45. The summed E-state index contributed by atoms with van der Waals surface area (Å²) < 4.78 is 12.9. The molecule has 1 unspecified atom stereocenters. The van der Waals surface area contributed by atoms with Gasteiger partial charge in [0.25, 0.3) is 0 Å². The van der Waals surface area contributed by atoms with Crippen molar-refractivity contribution in [2.45, 2.75) is 31.7 Å². The van der Waals surface area contributed by atoms with Crippen molar-refractivity contribution in [1.82, 2.24) is 0 Å². The topological polar surface area (TPSA) is 12.0 Å². The first-order chi connectivity index (χ1) is 6.83. The molecule has 1 saturated carbocycles. The second-order valence-corrected chi connectivity index (χ2v) is 4.45. The second kappa shape index (κ2) is 2.97. The highest BCUT2D eigenvalue weighted by Crippen LogP contribution is 2.37. The van der Waals surface area contributed by atoms with Gasteiger partial charge in [-0.3, -0.25) is 0 Å². The van der Waals surface area contributed by atoms with Crippen LogP contribution in [0.4, 0.5) is 10.1 Å². The molecule has 2 aliphatic rings. The van der Waals surface area contributed by atoms with E-state index in [0.717, 1.165) is 18.0 Å². The maximum Gasteiger partial charge on any atom is 0.125 e. The molecule has 74 valence electrons. The molecule has 1 aliphatic heterocycles. The molecule has 1 fully saturated rings. The van der Waals surface area contributed by atoms with Crippen molar-refractivity contribution in [2.24, 2.45) is 5.92 Å². The summed E-state index contributed by atoms with van der Waals surface area (Å²) in [5.74, 6) is 0.691. The quantitative estimate of drug-likeness (QED) is 0.719. The Morgan fingerprint density at radius 3 is 2.86 bits per heavy atom. The smallest absolute Gasteiger partial charge is 0.125 e. The van der Waals surface area contributed by atoms with E-state index < -0.39 is 0 Å². The molecule has 1 aromatic carbocycles. The molecule has 14 heavy (non-hydrogen) atoms. The summed E-state index contributed by atoms with van der Waals surface area (Å²) >= 11 is 0. The van der Waals surface area contributed by atoms with Crippen molar-refractivity contribution < 1.29 is 4.39 Å². The Kier molecular flexibility index (Phi) is 1.76. The van der Waals surface area contributed by atoms with E-state index in [1.54, 1.807) is 12.1 Å². The van der Waals surface area contributed by atoms with Gasteiger partial charge in [0.2, 0.25) is 0 Å². The summed E-state index contributed by atoms with van der Waals surface area (Å²) in [5.41, 5.74) is 2.30. The van der Waals surface area contributed by atoms with Crippen molar-refractivity contribution in [1.29, 1.82) is 0 Å². The van der Waals surface area contributed by atoms with E-state index in [4.69, 9.17) is 0 Å². The molecule has 0 amide bonds. The standard InChI is InChI=1S/C12H14FN/c13-10-5-4-9-6-11(8-2-1-3-8)14-12(9)7-10/h4-5,7-8,11,14H,1-3,6H2. The summed E-state index contributed by atoms with van der Waals surface area (Å²) in [5, 5.41) is 3.44. The minimum absolute atomic E-state index is 0.134. The Morgan fingerprint density at radius 2 is 2.14 bits per heavy atom. The van der Waals surface area contributed by atoms with Gasteiger partial charge in [-0.2, -0.15) is 0 Å². The van der Waals surface area contributed by atoms with Crippen LogP contribution in [0.1, 0.15) is 24.8 Å². The zero-order chi connectivity index (χ0) is 9.54. The van der Waals surface area contributed by atoms with Crippen LogP contribution in [-0.2, 0) is 6.42 Å². The van der Waals surface area contributed by atoms with Crippen LogP contribution in [0.15, 0.2) is 18.2 Å². The number of anilines is 1. The average Bonchev–Trinajstić information content (AvgIpc) is 2.43. The van der Waals surface area contributed by atoms with Crippen LogP contribution in [0.5, 0.6) is 0 Å².